The van der Waals surface area contributed by atoms with Crippen molar-refractivity contribution >= 4 is 27.7 Å². The van der Waals surface area contributed by atoms with Gasteiger partial charge in [-0.15, -0.1) is 11.8 Å². The summed E-state index contributed by atoms with van der Waals surface area (Å²) >= 11 is 4.97. The molecule has 2 atom stereocenters. The minimum absolute atomic E-state index is 0.0195. The van der Waals surface area contributed by atoms with Crippen LogP contribution in [0.15, 0.2) is 57.9 Å². The standard InChI is InChI=1S/C16H17BrFNS/c1-2-14(19)16(11-6-5-7-12(17)10-11)20-15-9-4-3-8-13(15)18/h3-10,14,16H,2,19H2,1H3. The van der Waals surface area contributed by atoms with E-state index in [0.29, 0.717) is 4.90 Å². The molecule has 106 valence electrons. The van der Waals surface area contributed by atoms with E-state index in [1.807, 2.05) is 30.3 Å². The van der Waals surface area contributed by atoms with Crippen LogP contribution in [0, 0.1) is 5.82 Å². The van der Waals surface area contributed by atoms with Gasteiger partial charge in [-0.1, -0.05) is 47.1 Å². The zero-order chi connectivity index (χ0) is 14.5. The molecule has 20 heavy (non-hydrogen) atoms. The SMILES string of the molecule is CCC(N)C(Sc1ccccc1F)c1cccc(Br)c1. The Bertz CT molecular complexity index is 576. The summed E-state index contributed by atoms with van der Waals surface area (Å²) in [5, 5.41) is 0.0365. The Morgan fingerprint density at radius 1 is 1.20 bits per heavy atom. The summed E-state index contributed by atoms with van der Waals surface area (Å²) in [6, 6.07) is 14.9. The quantitative estimate of drug-likeness (QED) is 0.751. The number of benzene rings is 2. The molecule has 1 nitrogen and oxygen atoms in total. The summed E-state index contributed by atoms with van der Waals surface area (Å²) in [4.78, 5) is 0.640. The first-order chi connectivity index (χ1) is 9.61. The van der Waals surface area contributed by atoms with Crippen LogP contribution in [-0.4, -0.2) is 6.04 Å². The second-order valence-electron chi connectivity index (χ2n) is 4.60. The molecule has 2 aromatic rings. The highest BCUT2D eigenvalue weighted by Crippen LogP contribution is 2.39. The van der Waals surface area contributed by atoms with E-state index >= 15 is 0 Å². The molecule has 2 N–H and O–H groups in total. The number of hydrogen-bond donors (Lipinski definition) is 1. The monoisotopic (exact) mass is 353 g/mol. The smallest absolute Gasteiger partial charge is 0.136 e. The molecule has 0 bridgehead atoms. The van der Waals surface area contributed by atoms with Crippen LogP contribution in [-0.2, 0) is 0 Å². The van der Waals surface area contributed by atoms with Crippen LogP contribution in [0.5, 0.6) is 0 Å². The number of nitrogens with two attached hydrogens (primary N) is 1. The fourth-order valence-electron chi connectivity index (χ4n) is 1.98. The molecule has 0 saturated carbocycles. The van der Waals surface area contributed by atoms with Gasteiger partial charge in [0.15, 0.2) is 0 Å². The van der Waals surface area contributed by atoms with Crippen LogP contribution in [0.3, 0.4) is 0 Å². The Morgan fingerprint density at radius 2 is 1.95 bits per heavy atom. The lowest BCUT2D eigenvalue weighted by molar-refractivity contribution is 0.597. The number of hydrogen-bond acceptors (Lipinski definition) is 2. The largest absolute Gasteiger partial charge is 0.326 e. The van der Waals surface area contributed by atoms with Gasteiger partial charge in [0.05, 0.1) is 0 Å². The highest BCUT2D eigenvalue weighted by atomic mass is 79.9. The predicted molar refractivity (Wildman–Crippen MR) is 87.4 cm³/mol. The lowest BCUT2D eigenvalue weighted by Crippen LogP contribution is -2.25. The second-order valence-corrected chi connectivity index (χ2v) is 6.70. The molecule has 0 radical (unpaired) electrons. The first kappa shape index (κ1) is 15.5. The van der Waals surface area contributed by atoms with Gasteiger partial charge in [-0.25, -0.2) is 4.39 Å². The Labute approximate surface area is 131 Å². The van der Waals surface area contributed by atoms with Crippen LogP contribution >= 0.6 is 27.7 Å². The average molecular weight is 354 g/mol. The first-order valence-corrected chi connectivity index (χ1v) is 8.21. The molecule has 0 spiro atoms. The highest BCUT2D eigenvalue weighted by molar-refractivity contribution is 9.10. The van der Waals surface area contributed by atoms with E-state index in [0.717, 1.165) is 16.5 Å². The fourth-order valence-corrected chi connectivity index (χ4v) is 3.66. The molecule has 0 saturated heterocycles. The molecule has 0 heterocycles. The predicted octanol–water partition coefficient (Wildman–Crippen LogP) is 5.16. The fraction of sp³-hybridized carbons (Fsp3) is 0.250. The van der Waals surface area contributed by atoms with E-state index in [1.54, 1.807) is 12.1 Å². The Hall–Kier alpha value is -0.840. The first-order valence-electron chi connectivity index (χ1n) is 6.54. The van der Waals surface area contributed by atoms with Gasteiger partial charge in [-0.05, 0) is 36.2 Å². The number of thioether (sulfide) groups is 1. The van der Waals surface area contributed by atoms with Crippen molar-refractivity contribution in [3.8, 4) is 0 Å². The molecule has 0 amide bonds. The van der Waals surface area contributed by atoms with Crippen molar-refractivity contribution in [2.45, 2.75) is 29.5 Å². The Balaban J connectivity index is 2.31. The normalized spacial score (nSPS) is 14.0. The molecule has 0 fully saturated rings. The van der Waals surface area contributed by atoms with Crippen molar-refractivity contribution in [1.29, 1.82) is 0 Å². The summed E-state index contributed by atoms with van der Waals surface area (Å²) in [5.41, 5.74) is 7.35. The van der Waals surface area contributed by atoms with Crippen molar-refractivity contribution in [3.63, 3.8) is 0 Å². The summed E-state index contributed by atoms with van der Waals surface area (Å²) in [5.74, 6) is -0.194. The molecule has 0 aliphatic carbocycles. The van der Waals surface area contributed by atoms with Crippen LogP contribution in [0.2, 0.25) is 0 Å². The van der Waals surface area contributed by atoms with E-state index in [1.165, 1.54) is 17.8 Å². The van der Waals surface area contributed by atoms with Crippen molar-refractivity contribution in [2.24, 2.45) is 5.73 Å². The molecular weight excluding hydrogens is 337 g/mol. The van der Waals surface area contributed by atoms with Gasteiger partial charge in [0.1, 0.15) is 5.82 Å². The number of rotatable bonds is 5. The van der Waals surface area contributed by atoms with Crippen LogP contribution in [0.25, 0.3) is 0 Å². The van der Waals surface area contributed by atoms with Gasteiger partial charge >= 0.3 is 0 Å². The topological polar surface area (TPSA) is 26.0 Å². The Morgan fingerprint density at radius 3 is 2.60 bits per heavy atom. The molecular formula is C16H17BrFNS. The van der Waals surface area contributed by atoms with Crippen LogP contribution in [0.4, 0.5) is 4.39 Å². The summed E-state index contributed by atoms with van der Waals surface area (Å²) in [7, 11) is 0. The van der Waals surface area contributed by atoms with E-state index < -0.39 is 0 Å². The highest BCUT2D eigenvalue weighted by Gasteiger charge is 2.21. The van der Waals surface area contributed by atoms with E-state index in [9.17, 15) is 4.39 Å². The minimum Gasteiger partial charge on any atom is -0.326 e. The lowest BCUT2D eigenvalue weighted by atomic mass is 10.0. The zero-order valence-electron chi connectivity index (χ0n) is 11.2. The maximum absolute atomic E-state index is 13.8. The van der Waals surface area contributed by atoms with Gasteiger partial charge < -0.3 is 5.73 Å². The third-order valence-electron chi connectivity index (χ3n) is 3.13. The van der Waals surface area contributed by atoms with Gasteiger partial charge in [0.2, 0.25) is 0 Å². The minimum atomic E-state index is -0.194. The second kappa shape index (κ2) is 7.25. The van der Waals surface area contributed by atoms with Crippen molar-refractivity contribution in [2.75, 3.05) is 0 Å². The summed E-state index contributed by atoms with van der Waals surface area (Å²) in [6.45, 7) is 2.05. The third kappa shape index (κ3) is 3.84. The summed E-state index contributed by atoms with van der Waals surface area (Å²) < 4.78 is 14.9. The Kier molecular flexibility index (Phi) is 5.64. The third-order valence-corrected chi connectivity index (χ3v) is 5.08. The maximum Gasteiger partial charge on any atom is 0.136 e. The van der Waals surface area contributed by atoms with Crippen molar-refractivity contribution < 1.29 is 4.39 Å². The molecule has 2 unspecified atom stereocenters. The van der Waals surface area contributed by atoms with Crippen LogP contribution < -0.4 is 5.73 Å². The van der Waals surface area contributed by atoms with Gasteiger partial charge in [-0.3, -0.25) is 0 Å². The van der Waals surface area contributed by atoms with Crippen LogP contribution in [0.1, 0.15) is 24.2 Å². The van der Waals surface area contributed by atoms with Gasteiger partial charge in [0, 0.05) is 20.7 Å². The van der Waals surface area contributed by atoms with E-state index in [-0.39, 0.29) is 17.1 Å². The maximum atomic E-state index is 13.8. The average Bonchev–Trinajstić information content (AvgIpc) is 2.45. The van der Waals surface area contributed by atoms with Gasteiger partial charge in [-0.2, -0.15) is 0 Å². The molecule has 4 heteroatoms. The molecule has 2 aromatic carbocycles. The lowest BCUT2D eigenvalue weighted by Gasteiger charge is -2.23. The van der Waals surface area contributed by atoms with E-state index in [4.69, 9.17) is 5.73 Å². The molecule has 0 aliphatic heterocycles. The van der Waals surface area contributed by atoms with Crippen molar-refractivity contribution in [3.05, 3.63) is 64.4 Å². The molecule has 2 rings (SSSR count). The zero-order valence-corrected chi connectivity index (χ0v) is 13.6. The molecule has 0 aliphatic rings. The molecule has 0 aromatic heterocycles. The van der Waals surface area contributed by atoms with Gasteiger partial charge in [0.25, 0.3) is 0 Å². The van der Waals surface area contributed by atoms with E-state index in [2.05, 4.69) is 22.9 Å². The van der Waals surface area contributed by atoms with Crippen molar-refractivity contribution in [1.82, 2.24) is 0 Å². The summed E-state index contributed by atoms with van der Waals surface area (Å²) in [6.07, 6.45) is 0.846. The number of halogens is 2.